The molecule has 0 aliphatic heterocycles. The number of furan rings is 1. The number of benzene rings is 2. The van der Waals surface area contributed by atoms with Gasteiger partial charge in [0.25, 0.3) is 0 Å². The van der Waals surface area contributed by atoms with Gasteiger partial charge in [-0.1, -0.05) is 54.1 Å². The number of hydrogen-bond acceptors (Lipinski definition) is 1. The first-order valence-electron chi connectivity index (χ1n) is 7.45. The van der Waals surface area contributed by atoms with E-state index in [1.165, 1.54) is 5.56 Å². The van der Waals surface area contributed by atoms with Crippen LogP contribution < -0.4 is 5.32 Å². The van der Waals surface area contributed by atoms with E-state index in [0.29, 0.717) is 6.04 Å². The molecule has 0 amide bonds. The molecule has 2 N–H and O–H groups in total. The van der Waals surface area contributed by atoms with Crippen molar-refractivity contribution >= 4 is 11.6 Å². The Bertz CT molecular complexity index is 736. The lowest BCUT2D eigenvalue weighted by molar-refractivity contribution is -0.709. The molecule has 22 heavy (non-hydrogen) atoms. The van der Waals surface area contributed by atoms with Gasteiger partial charge in [0.05, 0.1) is 0 Å². The summed E-state index contributed by atoms with van der Waals surface area (Å²) in [5.41, 5.74) is 2.33. The molecule has 1 aromatic heterocycles. The summed E-state index contributed by atoms with van der Waals surface area (Å²) in [4.78, 5) is 0. The summed E-state index contributed by atoms with van der Waals surface area (Å²) in [6, 6.07) is 22.7. The van der Waals surface area contributed by atoms with Crippen LogP contribution in [-0.2, 0) is 6.54 Å². The van der Waals surface area contributed by atoms with Gasteiger partial charge in [0.1, 0.15) is 18.3 Å². The lowest BCUT2D eigenvalue weighted by atomic mass is 10.1. The van der Waals surface area contributed by atoms with Crippen molar-refractivity contribution in [2.45, 2.75) is 19.5 Å². The zero-order chi connectivity index (χ0) is 15.4. The maximum atomic E-state index is 6.02. The third-order valence-electron chi connectivity index (χ3n) is 3.77. The fourth-order valence-electron chi connectivity index (χ4n) is 2.47. The van der Waals surface area contributed by atoms with Gasteiger partial charge in [0.2, 0.25) is 0 Å². The Morgan fingerprint density at radius 3 is 2.59 bits per heavy atom. The maximum Gasteiger partial charge on any atom is 0.158 e. The number of halogens is 1. The Morgan fingerprint density at radius 1 is 1.00 bits per heavy atom. The van der Waals surface area contributed by atoms with E-state index in [1.54, 1.807) is 0 Å². The zero-order valence-corrected chi connectivity index (χ0v) is 13.3. The Morgan fingerprint density at radius 2 is 1.82 bits per heavy atom. The van der Waals surface area contributed by atoms with Crippen molar-refractivity contribution in [1.82, 2.24) is 0 Å². The van der Waals surface area contributed by atoms with Crippen LogP contribution in [0.3, 0.4) is 0 Å². The lowest BCUT2D eigenvalue weighted by Crippen LogP contribution is -2.82. The molecule has 0 bridgehead atoms. The second-order valence-electron chi connectivity index (χ2n) is 5.42. The van der Waals surface area contributed by atoms with Crippen molar-refractivity contribution in [3.05, 3.63) is 83.1 Å². The first kappa shape index (κ1) is 14.9. The summed E-state index contributed by atoms with van der Waals surface area (Å²) in [6.07, 6.45) is 0. The predicted molar refractivity (Wildman–Crippen MR) is 89.6 cm³/mol. The van der Waals surface area contributed by atoms with Gasteiger partial charge in [0, 0.05) is 16.1 Å². The van der Waals surface area contributed by atoms with Crippen molar-refractivity contribution in [1.29, 1.82) is 0 Å². The Kier molecular flexibility index (Phi) is 4.62. The van der Waals surface area contributed by atoms with Gasteiger partial charge in [-0.2, -0.15) is 0 Å². The molecule has 1 heterocycles. The average Bonchev–Trinajstić information content (AvgIpc) is 3.02. The molecule has 2 aromatic carbocycles. The lowest BCUT2D eigenvalue weighted by Gasteiger charge is -2.09. The van der Waals surface area contributed by atoms with E-state index >= 15 is 0 Å². The summed E-state index contributed by atoms with van der Waals surface area (Å²) >= 11 is 6.02. The van der Waals surface area contributed by atoms with Crippen LogP contribution >= 0.6 is 11.6 Å². The highest BCUT2D eigenvalue weighted by atomic mass is 35.5. The highest BCUT2D eigenvalue weighted by molar-refractivity contribution is 6.30. The van der Waals surface area contributed by atoms with Gasteiger partial charge in [-0.25, -0.2) is 0 Å². The van der Waals surface area contributed by atoms with Gasteiger partial charge in [-0.3, -0.25) is 0 Å². The van der Waals surface area contributed by atoms with E-state index in [1.807, 2.05) is 42.5 Å². The summed E-state index contributed by atoms with van der Waals surface area (Å²) in [5, 5.41) is 3.00. The zero-order valence-electron chi connectivity index (χ0n) is 12.5. The highest BCUT2D eigenvalue weighted by Crippen LogP contribution is 2.24. The van der Waals surface area contributed by atoms with Crippen molar-refractivity contribution in [3.63, 3.8) is 0 Å². The molecule has 0 saturated carbocycles. The fraction of sp³-hybridized carbons (Fsp3) is 0.158. The third kappa shape index (κ3) is 3.59. The normalized spacial score (nSPS) is 12.3. The number of rotatable bonds is 5. The molecule has 1 atom stereocenters. The molecule has 2 nitrogen and oxygen atoms in total. The number of nitrogens with two attached hydrogens (primary N) is 1. The van der Waals surface area contributed by atoms with Crippen LogP contribution in [0.15, 0.2) is 71.1 Å². The van der Waals surface area contributed by atoms with Gasteiger partial charge in [-0.15, -0.1) is 0 Å². The van der Waals surface area contributed by atoms with Gasteiger partial charge >= 0.3 is 0 Å². The topological polar surface area (TPSA) is 29.8 Å². The molecular weight excluding hydrogens is 294 g/mol. The molecule has 0 spiro atoms. The molecule has 3 aromatic rings. The van der Waals surface area contributed by atoms with Crippen LogP contribution in [0.1, 0.15) is 24.3 Å². The standard InChI is InChI=1S/C19H18ClNO/c1-14(15-6-3-2-4-7-15)21-13-18-10-11-19(22-18)16-8-5-9-17(20)12-16/h2-12,14,21H,13H2,1H3/p+1/t14-/m0/s1. The molecule has 0 saturated heterocycles. The van der Waals surface area contributed by atoms with E-state index in [9.17, 15) is 0 Å². The van der Waals surface area contributed by atoms with Crippen molar-refractivity contribution in [3.8, 4) is 11.3 Å². The first-order valence-corrected chi connectivity index (χ1v) is 7.83. The monoisotopic (exact) mass is 312 g/mol. The predicted octanol–water partition coefficient (Wildman–Crippen LogP) is 4.42. The quantitative estimate of drug-likeness (QED) is 0.742. The molecule has 3 heteroatoms. The molecule has 0 aliphatic carbocycles. The van der Waals surface area contributed by atoms with E-state index in [0.717, 1.165) is 28.7 Å². The summed E-state index contributed by atoms with van der Waals surface area (Å²) in [7, 11) is 0. The number of hydrogen-bond donors (Lipinski definition) is 1. The summed E-state index contributed by atoms with van der Waals surface area (Å²) < 4.78 is 5.92. The Balaban J connectivity index is 1.65. The van der Waals surface area contributed by atoms with Crippen LogP contribution in [0.4, 0.5) is 0 Å². The maximum absolute atomic E-state index is 6.02. The minimum atomic E-state index is 0.404. The summed E-state index contributed by atoms with van der Waals surface area (Å²) in [5.74, 6) is 1.83. The van der Waals surface area contributed by atoms with Crippen molar-refractivity contribution < 1.29 is 9.73 Å². The van der Waals surface area contributed by atoms with Crippen LogP contribution in [0.2, 0.25) is 5.02 Å². The molecule has 3 rings (SSSR count). The van der Waals surface area contributed by atoms with Crippen molar-refractivity contribution in [2.75, 3.05) is 0 Å². The Hall–Kier alpha value is -2.03. The molecular formula is C19H19ClNO+. The molecule has 0 fully saturated rings. The SMILES string of the molecule is C[C@H]([NH2+]Cc1ccc(-c2cccc(Cl)c2)o1)c1ccccc1. The highest BCUT2D eigenvalue weighted by Gasteiger charge is 2.11. The fourth-order valence-corrected chi connectivity index (χ4v) is 2.66. The van der Waals surface area contributed by atoms with Gasteiger partial charge < -0.3 is 9.73 Å². The van der Waals surface area contributed by atoms with Gasteiger partial charge in [0.15, 0.2) is 5.76 Å². The molecule has 112 valence electrons. The smallest absolute Gasteiger partial charge is 0.158 e. The second kappa shape index (κ2) is 6.82. The summed E-state index contributed by atoms with van der Waals surface area (Å²) in [6.45, 7) is 3.02. The largest absolute Gasteiger partial charge is 0.455 e. The van der Waals surface area contributed by atoms with E-state index in [2.05, 4.69) is 36.5 Å². The van der Waals surface area contributed by atoms with E-state index in [4.69, 9.17) is 16.0 Å². The second-order valence-corrected chi connectivity index (χ2v) is 5.85. The Labute approximate surface area is 135 Å². The molecule has 0 unspecified atom stereocenters. The van der Waals surface area contributed by atoms with Crippen LogP contribution in [0.25, 0.3) is 11.3 Å². The van der Waals surface area contributed by atoms with Gasteiger partial charge in [-0.05, 0) is 31.2 Å². The molecule has 0 aliphatic rings. The average molecular weight is 313 g/mol. The van der Waals surface area contributed by atoms with Crippen LogP contribution in [0.5, 0.6) is 0 Å². The van der Waals surface area contributed by atoms with Crippen LogP contribution in [0, 0.1) is 0 Å². The minimum Gasteiger partial charge on any atom is -0.455 e. The minimum absolute atomic E-state index is 0.404. The van der Waals surface area contributed by atoms with Crippen LogP contribution in [-0.4, -0.2) is 0 Å². The third-order valence-corrected chi connectivity index (χ3v) is 4.00. The van der Waals surface area contributed by atoms with E-state index < -0.39 is 0 Å². The number of quaternary nitrogens is 1. The molecule has 0 radical (unpaired) electrons. The van der Waals surface area contributed by atoms with Crippen molar-refractivity contribution in [2.24, 2.45) is 0 Å². The first-order chi connectivity index (χ1) is 10.7. The van der Waals surface area contributed by atoms with E-state index in [-0.39, 0.29) is 0 Å².